The van der Waals surface area contributed by atoms with E-state index in [-0.39, 0.29) is 5.41 Å². The van der Waals surface area contributed by atoms with Crippen LogP contribution in [0.25, 0.3) is 22.4 Å². The molecule has 112 valence electrons. The zero-order chi connectivity index (χ0) is 15.6. The number of nitrogens with zero attached hydrogens (tertiary/aromatic N) is 3. The Bertz CT molecular complexity index is 734. The normalized spacial score (nSPS) is 11.6. The smallest absolute Gasteiger partial charge is 0.113 e. The van der Waals surface area contributed by atoms with Crippen LogP contribution >= 0.6 is 0 Å². The minimum absolute atomic E-state index is 0.197. The molecule has 0 aliphatic heterocycles. The van der Waals surface area contributed by atoms with E-state index < -0.39 is 0 Å². The molecule has 0 unspecified atom stereocenters. The molecule has 0 bridgehead atoms. The summed E-state index contributed by atoms with van der Waals surface area (Å²) in [6, 6.07) is 18.9. The molecule has 1 heterocycles. The lowest BCUT2D eigenvalue weighted by atomic mass is 9.97. The summed E-state index contributed by atoms with van der Waals surface area (Å²) < 4.78 is 1.92. The Hall–Kier alpha value is -2.42. The van der Waals surface area contributed by atoms with Crippen molar-refractivity contribution in [3.05, 3.63) is 60.8 Å². The largest absolute Gasteiger partial charge is 0.251 e. The van der Waals surface area contributed by atoms with E-state index in [2.05, 4.69) is 79.6 Å². The third-order valence-electron chi connectivity index (χ3n) is 3.46. The fourth-order valence-electron chi connectivity index (χ4n) is 2.46. The molecule has 2 aromatic carbocycles. The van der Waals surface area contributed by atoms with Crippen molar-refractivity contribution in [3.63, 3.8) is 0 Å². The SMILES string of the molecule is CC(C)(C)Cn1cc(-c2ccc(-c3ccccc3)cc2)nn1. The fraction of sp³-hybridized carbons (Fsp3) is 0.263. The molecule has 3 heteroatoms. The van der Waals surface area contributed by atoms with Crippen LogP contribution in [-0.4, -0.2) is 15.0 Å². The van der Waals surface area contributed by atoms with Gasteiger partial charge in [-0.3, -0.25) is 4.68 Å². The second-order valence-electron chi connectivity index (χ2n) is 6.81. The number of aromatic nitrogens is 3. The van der Waals surface area contributed by atoms with Crippen LogP contribution in [0.1, 0.15) is 20.8 Å². The van der Waals surface area contributed by atoms with Crippen LogP contribution in [0.15, 0.2) is 60.8 Å². The monoisotopic (exact) mass is 291 g/mol. The number of benzene rings is 2. The van der Waals surface area contributed by atoms with E-state index >= 15 is 0 Å². The first-order chi connectivity index (χ1) is 10.5. The van der Waals surface area contributed by atoms with Crippen LogP contribution in [0.4, 0.5) is 0 Å². The highest BCUT2D eigenvalue weighted by Crippen LogP contribution is 2.24. The van der Waals surface area contributed by atoms with Crippen LogP contribution < -0.4 is 0 Å². The molecule has 1 aromatic heterocycles. The lowest BCUT2D eigenvalue weighted by Crippen LogP contribution is -2.15. The molecule has 3 rings (SSSR count). The average Bonchev–Trinajstić information content (AvgIpc) is 2.95. The van der Waals surface area contributed by atoms with Crippen LogP contribution in [0, 0.1) is 5.41 Å². The summed E-state index contributed by atoms with van der Waals surface area (Å²) in [4.78, 5) is 0. The van der Waals surface area contributed by atoms with Crippen LogP contribution in [0.2, 0.25) is 0 Å². The van der Waals surface area contributed by atoms with Crippen LogP contribution in [0.5, 0.6) is 0 Å². The Morgan fingerprint density at radius 1 is 0.818 bits per heavy atom. The van der Waals surface area contributed by atoms with Gasteiger partial charge >= 0.3 is 0 Å². The summed E-state index contributed by atoms with van der Waals surface area (Å²) in [5.41, 5.74) is 4.66. The van der Waals surface area contributed by atoms with Gasteiger partial charge in [-0.05, 0) is 16.5 Å². The highest BCUT2D eigenvalue weighted by atomic mass is 15.4. The maximum atomic E-state index is 4.29. The van der Waals surface area contributed by atoms with Crippen LogP contribution in [0.3, 0.4) is 0 Å². The Kier molecular flexibility index (Phi) is 3.80. The van der Waals surface area contributed by atoms with Gasteiger partial charge in [0, 0.05) is 12.1 Å². The maximum Gasteiger partial charge on any atom is 0.113 e. The Morgan fingerprint density at radius 3 is 2.05 bits per heavy atom. The van der Waals surface area contributed by atoms with Gasteiger partial charge in [0.25, 0.3) is 0 Å². The summed E-state index contributed by atoms with van der Waals surface area (Å²) in [7, 11) is 0. The molecular formula is C19H21N3. The predicted molar refractivity (Wildman–Crippen MR) is 90.3 cm³/mol. The summed E-state index contributed by atoms with van der Waals surface area (Å²) >= 11 is 0. The summed E-state index contributed by atoms with van der Waals surface area (Å²) in [5, 5.41) is 8.51. The van der Waals surface area contributed by atoms with E-state index in [9.17, 15) is 0 Å². The first-order valence-electron chi connectivity index (χ1n) is 7.57. The minimum Gasteiger partial charge on any atom is -0.251 e. The topological polar surface area (TPSA) is 30.7 Å². The number of rotatable bonds is 3. The number of hydrogen-bond donors (Lipinski definition) is 0. The highest BCUT2D eigenvalue weighted by molar-refractivity contribution is 5.68. The maximum absolute atomic E-state index is 4.29. The van der Waals surface area contributed by atoms with E-state index in [1.165, 1.54) is 11.1 Å². The standard InChI is InChI=1S/C19H21N3/c1-19(2,3)14-22-13-18(20-21-22)17-11-9-16(10-12-17)15-7-5-4-6-8-15/h4-13H,14H2,1-3H3. The van der Waals surface area contributed by atoms with E-state index in [0.717, 1.165) is 17.8 Å². The van der Waals surface area contributed by atoms with Gasteiger partial charge in [-0.1, -0.05) is 80.6 Å². The zero-order valence-electron chi connectivity index (χ0n) is 13.3. The van der Waals surface area contributed by atoms with Crippen molar-refractivity contribution in [2.45, 2.75) is 27.3 Å². The molecule has 22 heavy (non-hydrogen) atoms. The summed E-state index contributed by atoms with van der Waals surface area (Å²) in [6.45, 7) is 7.46. The van der Waals surface area contributed by atoms with Gasteiger partial charge in [0.05, 0.1) is 6.20 Å². The molecule has 0 aliphatic carbocycles. The van der Waals surface area contributed by atoms with Gasteiger partial charge in [-0.25, -0.2) is 0 Å². The van der Waals surface area contributed by atoms with E-state index in [4.69, 9.17) is 0 Å². The van der Waals surface area contributed by atoms with Gasteiger partial charge in [0.2, 0.25) is 0 Å². The highest BCUT2D eigenvalue weighted by Gasteiger charge is 2.13. The van der Waals surface area contributed by atoms with Crippen molar-refractivity contribution < 1.29 is 0 Å². The lowest BCUT2D eigenvalue weighted by molar-refractivity contribution is 0.321. The second kappa shape index (κ2) is 5.76. The summed E-state index contributed by atoms with van der Waals surface area (Å²) in [5.74, 6) is 0. The molecule has 0 N–H and O–H groups in total. The number of hydrogen-bond acceptors (Lipinski definition) is 2. The van der Waals surface area contributed by atoms with Gasteiger partial charge in [-0.15, -0.1) is 5.10 Å². The van der Waals surface area contributed by atoms with Crippen molar-refractivity contribution in [3.8, 4) is 22.4 Å². The second-order valence-corrected chi connectivity index (χ2v) is 6.81. The molecule has 0 spiro atoms. The molecule has 0 radical (unpaired) electrons. The molecule has 0 amide bonds. The van der Waals surface area contributed by atoms with Gasteiger partial charge in [0.1, 0.15) is 5.69 Å². The fourth-order valence-corrected chi connectivity index (χ4v) is 2.46. The van der Waals surface area contributed by atoms with Crippen molar-refractivity contribution in [1.82, 2.24) is 15.0 Å². The third kappa shape index (κ3) is 3.42. The van der Waals surface area contributed by atoms with E-state index in [1.807, 2.05) is 16.9 Å². The van der Waals surface area contributed by atoms with Crippen molar-refractivity contribution in [2.75, 3.05) is 0 Å². The molecular weight excluding hydrogens is 270 g/mol. The zero-order valence-corrected chi connectivity index (χ0v) is 13.3. The molecule has 0 saturated carbocycles. The lowest BCUT2D eigenvalue weighted by Gasteiger charge is -2.16. The molecule has 3 nitrogen and oxygen atoms in total. The van der Waals surface area contributed by atoms with Gasteiger partial charge in [-0.2, -0.15) is 0 Å². The Balaban J connectivity index is 1.81. The van der Waals surface area contributed by atoms with E-state index in [0.29, 0.717) is 0 Å². The van der Waals surface area contributed by atoms with E-state index in [1.54, 1.807) is 0 Å². The minimum atomic E-state index is 0.197. The Morgan fingerprint density at radius 2 is 1.41 bits per heavy atom. The quantitative estimate of drug-likeness (QED) is 0.702. The van der Waals surface area contributed by atoms with Gasteiger partial charge in [0.15, 0.2) is 0 Å². The van der Waals surface area contributed by atoms with Gasteiger partial charge < -0.3 is 0 Å². The molecule has 0 atom stereocenters. The van der Waals surface area contributed by atoms with Crippen LogP contribution in [-0.2, 0) is 6.54 Å². The first-order valence-corrected chi connectivity index (χ1v) is 7.57. The predicted octanol–water partition coefficient (Wildman–Crippen LogP) is 4.66. The average molecular weight is 291 g/mol. The van der Waals surface area contributed by atoms with Crippen molar-refractivity contribution >= 4 is 0 Å². The first kappa shape index (κ1) is 14.5. The van der Waals surface area contributed by atoms with Crippen molar-refractivity contribution in [2.24, 2.45) is 5.41 Å². The molecule has 0 saturated heterocycles. The van der Waals surface area contributed by atoms with Crippen molar-refractivity contribution in [1.29, 1.82) is 0 Å². The third-order valence-corrected chi connectivity index (χ3v) is 3.46. The molecule has 0 fully saturated rings. The molecule has 0 aliphatic rings. The molecule has 3 aromatic rings. The Labute approximate surface area is 131 Å². The summed E-state index contributed by atoms with van der Waals surface area (Å²) in [6.07, 6.45) is 2.02.